The van der Waals surface area contributed by atoms with Gasteiger partial charge in [0, 0.05) is 49.4 Å². The third-order valence-electron chi connectivity index (χ3n) is 4.43. The van der Waals surface area contributed by atoms with E-state index in [1.54, 1.807) is 24.3 Å². The number of alkyl halides is 1. The van der Waals surface area contributed by atoms with Crippen LogP contribution in [0.2, 0.25) is 0 Å². The standard InChI is InChI=1S/C22H29FN6/c1-4-19(24)16-29(25)14-13-28(3)21-9-6-17(7-10-21)5-8-20-15-18(11-12-23)22(26-2)27-20/h6-7,9-11,15-16H,4,12-14,24-25H2,1-3H3,(H,26,27)/b18-11-,19-16-. The van der Waals surface area contributed by atoms with Gasteiger partial charge in [0.05, 0.1) is 12.2 Å². The summed E-state index contributed by atoms with van der Waals surface area (Å²) in [7, 11) is 3.67. The summed E-state index contributed by atoms with van der Waals surface area (Å²) < 4.78 is 12.6. The van der Waals surface area contributed by atoms with Gasteiger partial charge < -0.3 is 21.0 Å². The number of amidine groups is 1. The molecule has 154 valence electrons. The highest BCUT2D eigenvalue weighted by Crippen LogP contribution is 2.14. The Morgan fingerprint density at radius 2 is 1.97 bits per heavy atom. The highest BCUT2D eigenvalue weighted by molar-refractivity contribution is 6.05. The molecule has 0 saturated heterocycles. The van der Waals surface area contributed by atoms with E-state index in [4.69, 9.17) is 11.6 Å². The lowest BCUT2D eigenvalue weighted by atomic mass is 10.2. The van der Waals surface area contributed by atoms with Gasteiger partial charge in [-0.1, -0.05) is 12.8 Å². The first kappa shape index (κ1) is 22.1. The van der Waals surface area contributed by atoms with Crippen LogP contribution in [-0.2, 0) is 0 Å². The van der Waals surface area contributed by atoms with Gasteiger partial charge in [-0.05, 0) is 48.8 Å². The highest BCUT2D eigenvalue weighted by Gasteiger charge is 2.13. The van der Waals surface area contributed by atoms with E-state index in [2.05, 4.69) is 27.0 Å². The topological polar surface area (TPSA) is 82.9 Å². The predicted molar refractivity (Wildman–Crippen MR) is 119 cm³/mol. The van der Waals surface area contributed by atoms with Crippen molar-refractivity contribution in [1.82, 2.24) is 10.3 Å². The highest BCUT2D eigenvalue weighted by atomic mass is 19.1. The lowest BCUT2D eigenvalue weighted by molar-refractivity contribution is 0.396. The first-order valence-electron chi connectivity index (χ1n) is 9.49. The number of allylic oxidation sites excluding steroid dienone is 3. The second-order valence-corrected chi connectivity index (χ2v) is 6.58. The molecule has 0 bridgehead atoms. The lowest BCUT2D eigenvalue weighted by Crippen LogP contribution is -2.35. The summed E-state index contributed by atoms with van der Waals surface area (Å²) in [6.45, 7) is 2.88. The Kier molecular flexibility index (Phi) is 8.31. The number of likely N-dealkylation sites (N-methyl/N-ethyl adjacent to an activating group) is 1. The summed E-state index contributed by atoms with van der Waals surface area (Å²) in [5, 5.41) is 4.69. The van der Waals surface area contributed by atoms with Gasteiger partial charge in [0.1, 0.15) is 12.5 Å². The number of rotatable bonds is 7. The predicted octanol–water partition coefficient (Wildman–Crippen LogP) is 2.27. The molecule has 0 spiro atoms. The molecule has 7 heteroatoms. The molecular weight excluding hydrogens is 367 g/mol. The number of anilines is 1. The Labute approximate surface area is 172 Å². The van der Waals surface area contributed by atoms with Crippen molar-refractivity contribution in [1.29, 1.82) is 0 Å². The van der Waals surface area contributed by atoms with Gasteiger partial charge in [-0.15, -0.1) is 0 Å². The molecule has 0 unspecified atom stereocenters. The van der Waals surface area contributed by atoms with Gasteiger partial charge >= 0.3 is 0 Å². The monoisotopic (exact) mass is 396 g/mol. The number of nitrogens with zero attached hydrogens (tertiary/aromatic N) is 3. The fourth-order valence-electron chi connectivity index (χ4n) is 2.65. The minimum absolute atomic E-state index is 0.535. The average molecular weight is 397 g/mol. The van der Waals surface area contributed by atoms with Crippen molar-refractivity contribution in [2.24, 2.45) is 16.6 Å². The number of hydrogen-bond acceptors (Lipinski definition) is 5. The molecule has 0 fully saturated rings. The van der Waals surface area contributed by atoms with Crippen molar-refractivity contribution in [3.8, 4) is 11.8 Å². The lowest BCUT2D eigenvalue weighted by Gasteiger charge is -2.23. The molecular formula is C22H29FN6. The molecule has 1 aromatic carbocycles. The summed E-state index contributed by atoms with van der Waals surface area (Å²) in [5.74, 6) is 12.7. The van der Waals surface area contributed by atoms with E-state index >= 15 is 0 Å². The third kappa shape index (κ3) is 6.70. The quantitative estimate of drug-likeness (QED) is 0.374. The number of nitrogens with two attached hydrogens (primary N) is 2. The molecule has 0 aliphatic carbocycles. The minimum Gasteiger partial charge on any atom is -0.401 e. The normalized spacial score (nSPS) is 16.3. The maximum absolute atomic E-state index is 12.6. The second kappa shape index (κ2) is 10.9. The largest absolute Gasteiger partial charge is 0.401 e. The summed E-state index contributed by atoms with van der Waals surface area (Å²) in [5.41, 5.74) is 9.95. The molecule has 29 heavy (non-hydrogen) atoms. The van der Waals surface area contributed by atoms with Crippen LogP contribution in [-0.4, -0.2) is 44.7 Å². The zero-order valence-corrected chi connectivity index (χ0v) is 17.2. The molecule has 5 N–H and O–H groups in total. The van der Waals surface area contributed by atoms with E-state index in [-0.39, 0.29) is 0 Å². The van der Waals surface area contributed by atoms with Crippen LogP contribution in [0, 0.1) is 11.8 Å². The number of hydrazine groups is 1. The van der Waals surface area contributed by atoms with Crippen LogP contribution in [0.4, 0.5) is 10.1 Å². The van der Waals surface area contributed by atoms with E-state index in [0.29, 0.717) is 18.1 Å². The first-order chi connectivity index (χ1) is 14.0. The van der Waals surface area contributed by atoms with Crippen LogP contribution < -0.4 is 21.8 Å². The van der Waals surface area contributed by atoms with Crippen molar-refractivity contribution in [3.63, 3.8) is 0 Å². The summed E-state index contributed by atoms with van der Waals surface area (Å²) >= 11 is 0. The molecule has 1 aliphatic rings. The van der Waals surface area contributed by atoms with E-state index in [1.165, 1.54) is 6.08 Å². The van der Waals surface area contributed by atoms with E-state index < -0.39 is 6.67 Å². The van der Waals surface area contributed by atoms with E-state index in [1.807, 2.05) is 38.2 Å². The number of nitrogens with one attached hydrogen (secondary N) is 1. The van der Waals surface area contributed by atoms with Crippen molar-refractivity contribution in [3.05, 3.63) is 65.1 Å². The first-order valence-corrected chi connectivity index (χ1v) is 9.49. The third-order valence-corrected chi connectivity index (χ3v) is 4.43. The van der Waals surface area contributed by atoms with E-state index in [0.717, 1.165) is 35.5 Å². The summed E-state index contributed by atoms with van der Waals surface area (Å²) in [6.07, 6.45) is 5.82. The molecule has 1 aliphatic heterocycles. The fraction of sp³-hybridized carbons (Fsp3) is 0.318. The SMILES string of the molecule is CC/C(N)=C/N(N)CCN(C)c1ccc(C#CC2=C/C(=C/CF)C(=NC)N2)cc1. The summed E-state index contributed by atoms with van der Waals surface area (Å²) in [6, 6.07) is 7.98. The smallest absolute Gasteiger partial charge is 0.132 e. The maximum Gasteiger partial charge on any atom is 0.132 e. The Balaban J connectivity index is 1.97. The molecule has 1 heterocycles. The molecule has 0 saturated carbocycles. The van der Waals surface area contributed by atoms with Gasteiger partial charge in [-0.2, -0.15) is 0 Å². The van der Waals surface area contributed by atoms with Crippen LogP contribution >= 0.6 is 0 Å². The minimum atomic E-state index is -0.535. The van der Waals surface area contributed by atoms with Gasteiger partial charge in [0.2, 0.25) is 0 Å². The van der Waals surface area contributed by atoms with Crippen LogP contribution in [0.1, 0.15) is 18.9 Å². The molecule has 0 aromatic heterocycles. The number of aliphatic imine (C=N–C) groups is 1. The molecule has 2 rings (SSSR count). The van der Waals surface area contributed by atoms with Crippen molar-refractivity contribution in [2.75, 3.05) is 38.8 Å². The molecule has 0 radical (unpaired) electrons. The Morgan fingerprint density at radius 3 is 2.59 bits per heavy atom. The Morgan fingerprint density at radius 1 is 1.24 bits per heavy atom. The zero-order chi connectivity index (χ0) is 21.2. The number of benzene rings is 1. The molecule has 0 amide bonds. The maximum atomic E-state index is 12.6. The van der Waals surface area contributed by atoms with Crippen LogP contribution in [0.15, 0.2) is 64.6 Å². The zero-order valence-electron chi connectivity index (χ0n) is 17.2. The summed E-state index contributed by atoms with van der Waals surface area (Å²) in [4.78, 5) is 6.21. The molecule has 0 atom stereocenters. The van der Waals surface area contributed by atoms with Gasteiger partial charge in [-0.25, -0.2) is 10.2 Å². The van der Waals surface area contributed by atoms with Gasteiger partial charge in [0.25, 0.3) is 0 Å². The molecule has 6 nitrogen and oxygen atoms in total. The number of hydrogen-bond donors (Lipinski definition) is 3. The van der Waals surface area contributed by atoms with Crippen LogP contribution in [0.3, 0.4) is 0 Å². The molecule has 1 aromatic rings. The Hall–Kier alpha value is -3.24. The fourth-order valence-corrected chi connectivity index (χ4v) is 2.65. The van der Waals surface area contributed by atoms with Crippen molar-refractivity contribution in [2.45, 2.75) is 13.3 Å². The number of halogens is 1. The Bertz CT molecular complexity index is 871. The second-order valence-electron chi connectivity index (χ2n) is 6.58. The van der Waals surface area contributed by atoms with Crippen molar-refractivity contribution < 1.29 is 4.39 Å². The van der Waals surface area contributed by atoms with Crippen molar-refractivity contribution >= 4 is 11.5 Å². The van der Waals surface area contributed by atoms with Gasteiger partial charge in [0.15, 0.2) is 0 Å². The van der Waals surface area contributed by atoms with E-state index in [9.17, 15) is 4.39 Å². The van der Waals surface area contributed by atoms with Crippen LogP contribution in [0.5, 0.6) is 0 Å². The van der Waals surface area contributed by atoms with Gasteiger partial charge in [-0.3, -0.25) is 4.99 Å². The average Bonchev–Trinajstić information content (AvgIpc) is 3.13. The van der Waals surface area contributed by atoms with Crippen LogP contribution in [0.25, 0.3) is 0 Å².